The number of primary amides is 1. The van der Waals surface area contributed by atoms with Crippen LogP contribution in [0.15, 0.2) is 65.5 Å². The third-order valence-electron chi connectivity index (χ3n) is 14.2. The van der Waals surface area contributed by atoms with Crippen molar-refractivity contribution in [1.29, 1.82) is 5.41 Å². The molecule has 0 saturated carbocycles. The van der Waals surface area contributed by atoms with E-state index in [2.05, 4.69) is 9.80 Å². The highest BCUT2D eigenvalue weighted by Crippen LogP contribution is 2.43. The normalized spacial score (nSPS) is 18.1. The van der Waals surface area contributed by atoms with Crippen molar-refractivity contribution in [3.05, 3.63) is 104 Å². The molecule has 4 aliphatic rings. The number of carbonyl (C=O) groups is 4. The number of piperazine rings is 1. The average Bonchev–Trinajstić information content (AvgIpc) is 3.70. The van der Waals surface area contributed by atoms with Crippen molar-refractivity contribution < 1.29 is 44.0 Å². The molecule has 6 N–H and O–H groups in total. The summed E-state index contributed by atoms with van der Waals surface area (Å²) >= 11 is 0. The SMILES string of the molecule is CCc1c2c(nc3ccc(O)cc13)-c1cc3c(c(=O)n1C2)COC(=O)C3(CC)OC(=O)C1CCN(C(=O)CN2CCN(c3ccc(N(C(=N)c4cc(C(C)C)c(O)cc4O)C(N)=O)cc3)CC2)CC1. The van der Waals surface area contributed by atoms with E-state index in [-0.39, 0.29) is 77.7 Å². The van der Waals surface area contributed by atoms with E-state index in [9.17, 15) is 39.3 Å². The maximum Gasteiger partial charge on any atom is 0.355 e. The number of esters is 2. The van der Waals surface area contributed by atoms with Crippen LogP contribution in [0.2, 0.25) is 0 Å². The van der Waals surface area contributed by atoms with E-state index in [0.717, 1.165) is 33.2 Å². The number of phenols is 3. The van der Waals surface area contributed by atoms with Crippen molar-refractivity contribution in [3.8, 4) is 28.6 Å². The van der Waals surface area contributed by atoms with Gasteiger partial charge in [0, 0.05) is 67.5 Å². The maximum absolute atomic E-state index is 14.2. The van der Waals surface area contributed by atoms with Gasteiger partial charge in [0.05, 0.1) is 52.7 Å². The Morgan fingerprint density at radius 1 is 0.928 bits per heavy atom. The number of benzene rings is 3. The van der Waals surface area contributed by atoms with Crippen molar-refractivity contribution in [2.45, 2.75) is 78.0 Å². The second kappa shape index (κ2) is 18.2. The van der Waals surface area contributed by atoms with Gasteiger partial charge in [-0.15, -0.1) is 0 Å². The Bertz CT molecular complexity index is 2990. The lowest BCUT2D eigenvalue weighted by molar-refractivity contribution is -0.192. The smallest absolute Gasteiger partial charge is 0.355 e. The molecule has 9 rings (SSSR count). The molecule has 0 bridgehead atoms. The Hall–Kier alpha value is -7.47. The Kier molecular flexibility index (Phi) is 12.3. The van der Waals surface area contributed by atoms with Crippen LogP contribution in [0.25, 0.3) is 22.3 Å². The number of hydrogen-bond donors (Lipinski definition) is 5. The van der Waals surface area contributed by atoms with E-state index >= 15 is 0 Å². The fourth-order valence-corrected chi connectivity index (χ4v) is 10.3. The number of phenolic OH excluding ortho intramolecular Hbond substituents is 3. The Morgan fingerprint density at radius 2 is 1.64 bits per heavy atom. The van der Waals surface area contributed by atoms with Crippen LogP contribution >= 0.6 is 0 Å². The molecule has 0 aliphatic carbocycles. The van der Waals surface area contributed by atoms with Crippen LogP contribution in [-0.4, -0.2) is 110 Å². The van der Waals surface area contributed by atoms with Gasteiger partial charge in [0.1, 0.15) is 29.7 Å². The minimum absolute atomic E-state index is 0.0356. The van der Waals surface area contributed by atoms with Gasteiger partial charge in [-0.25, -0.2) is 19.5 Å². The Morgan fingerprint density at radius 3 is 2.29 bits per heavy atom. The number of anilines is 2. The molecular formula is C51H56N8O10. The van der Waals surface area contributed by atoms with E-state index in [1.54, 1.807) is 52.8 Å². The van der Waals surface area contributed by atoms with Crippen LogP contribution in [0.5, 0.6) is 17.2 Å². The number of cyclic esters (lactones) is 1. The fraction of sp³-hybridized carbons (Fsp3) is 0.392. The van der Waals surface area contributed by atoms with Crippen LogP contribution in [0.4, 0.5) is 16.2 Å². The third-order valence-corrected chi connectivity index (χ3v) is 14.2. The van der Waals surface area contributed by atoms with E-state index in [0.29, 0.717) is 92.2 Å². The highest BCUT2D eigenvalue weighted by Gasteiger charge is 2.51. The number of aryl methyl sites for hydroxylation is 1. The van der Waals surface area contributed by atoms with Crippen molar-refractivity contribution in [2.75, 3.05) is 55.6 Å². The predicted octanol–water partition coefficient (Wildman–Crippen LogP) is 5.40. The number of piperidine rings is 1. The minimum Gasteiger partial charge on any atom is -0.508 e. The number of urea groups is 1. The number of nitrogens with two attached hydrogens (primary N) is 1. The number of fused-ring (bicyclic) bond motifs is 5. The van der Waals surface area contributed by atoms with Crippen molar-refractivity contribution >= 4 is 52.0 Å². The standard InChI is InChI=1S/C51H56N8O10/c1-5-33-35-21-32(60)11-12-40(35)54-45-37(33)25-58-41(45)23-39-38(47(58)64)27-68-49(66)51(39,6-2)69-48(65)29-13-15-57(16-14-29)44(63)26-55-17-19-56(20-18-55)30-7-9-31(10-8-30)59(50(53)67)46(52)36-22-34(28(3)4)42(61)24-43(36)62/h7-12,21-24,28-29,52,60-62H,5-6,13-20,25-27H2,1-4H3,(H2,53,67). The number of nitrogens with zero attached hydrogens (tertiary/aromatic N) is 6. The quantitative estimate of drug-likeness (QED) is 0.0657. The van der Waals surface area contributed by atoms with Gasteiger partial charge >= 0.3 is 18.0 Å². The maximum atomic E-state index is 14.2. The van der Waals surface area contributed by atoms with Crippen molar-refractivity contribution in [2.24, 2.45) is 11.7 Å². The number of amidine groups is 1. The number of pyridine rings is 2. The topological polar surface area (TPSA) is 245 Å². The molecule has 69 heavy (non-hydrogen) atoms. The van der Waals surface area contributed by atoms with Crippen LogP contribution in [0, 0.1) is 11.3 Å². The largest absolute Gasteiger partial charge is 0.508 e. The van der Waals surface area contributed by atoms with Crippen molar-refractivity contribution in [1.82, 2.24) is 19.4 Å². The number of aromatic hydroxyl groups is 3. The molecule has 18 nitrogen and oxygen atoms in total. The highest BCUT2D eigenvalue weighted by atomic mass is 16.6. The number of rotatable bonds is 10. The first-order valence-electron chi connectivity index (χ1n) is 23.4. The average molecular weight is 941 g/mol. The number of nitrogens with one attached hydrogen (secondary N) is 1. The number of amides is 3. The molecule has 5 aromatic rings. The van der Waals surface area contributed by atoms with Gasteiger partial charge in [-0.1, -0.05) is 27.7 Å². The molecule has 2 saturated heterocycles. The van der Waals surface area contributed by atoms with Gasteiger partial charge in [0.2, 0.25) is 11.5 Å². The Labute approximate surface area is 398 Å². The summed E-state index contributed by atoms with van der Waals surface area (Å²) in [5.41, 5.74) is 9.46. The lowest BCUT2D eigenvalue weighted by Crippen LogP contribution is -2.52. The summed E-state index contributed by atoms with van der Waals surface area (Å²) in [5.74, 6) is -2.76. The number of aromatic nitrogens is 2. The van der Waals surface area contributed by atoms with Gasteiger partial charge in [-0.05, 0) is 97.3 Å². The summed E-state index contributed by atoms with van der Waals surface area (Å²) in [6, 6.07) is 15.5. The van der Waals surface area contributed by atoms with E-state index in [1.165, 1.54) is 6.07 Å². The van der Waals surface area contributed by atoms with Crippen LogP contribution < -0.4 is 21.1 Å². The first-order chi connectivity index (χ1) is 33.0. The molecule has 360 valence electrons. The molecule has 4 aliphatic heterocycles. The number of hydrogen-bond acceptors (Lipinski definition) is 14. The Balaban J connectivity index is 0.811. The third kappa shape index (κ3) is 8.25. The summed E-state index contributed by atoms with van der Waals surface area (Å²) in [7, 11) is 0. The molecule has 3 amide bonds. The van der Waals surface area contributed by atoms with Crippen LogP contribution in [0.1, 0.15) is 86.3 Å². The van der Waals surface area contributed by atoms with Crippen LogP contribution in [0.3, 0.4) is 0 Å². The predicted molar refractivity (Wildman–Crippen MR) is 257 cm³/mol. The number of ether oxygens (including phenoxy) is 2. The summed E-state index contributed by atoms with van der Waals surface area (Å²) in [6.07, 6.45) is 1.35. The van der Waals surface area contributed by atoms with Gasteiger partial charge in [0.15, 0.2) is 0 Å². The molecule has 18 heteroatoms. The van der Waals surface area contributed by atoms with Gasteiger partial charge in [-0.2, -0.15) is 0 Å². The minimum atomic E-state index is -1.85. The van der Waals surface area contributed by atoms with Crippen LogP contribution in [-0.2, 0) is 49.0 Å². The highest BCUT2D eigenvalue weighted by molar-refractivity contribution is 6.22. The monoisotopic (exact) mass is 940 g/mol. The second-order valence-corrected chi connectivity index (χ2v) is 18.5. The van der Waals surface area contributed by atoms with Gasteiger partial charge < -0.3 is 44.9 Å². The molecule has 2 aromatic heterocycles. The molecule has 6 heterocycles. The summed E-state index contributed by atoms with van der Waals surface area (Å²) in [5, 5.41) is 40.7. The molecule has 0 spiro atoms. The van der Waals surface area contributed by atoms with E-state index < -0.39 is 29.5 Å². The lowest BCUT2D eigenvalue weighted by atomic mass is 9.85. The van der Waals surface area contributed by atoms with Gasteiger partial charge in [0.25, 0.3) is 5.56 Å². The zero-order valence-electron chi connectivity index (χ0n) is 39.1. The van der Waals surface area contributed by atoms with E-state index in [1.807, 2.05) is 32.9 Å². The molecule has 0 radical (unpaired) electrons. The molecule has 1 unspecified atom stereocenters. The molecule has 3 aromatic carbocycles. The van der Waals surface area contributed by atoms with E-state index in [4.69, 9.17) is 25.6 Å². The second-order valence-electron chi connectivity index (χ2n) is 18.5. The molecular weight excluding hydrogens is 885 g/mol. The summed E-state index contributed by atoms with van der Waals surface area (Å²) in [4.78, 5) is 80.0. The fourth-order valence-electron chi connectivity index (χ4n) is 10.3. The molecule has 2 fully saturated rings. The first-order valence-corrected chi connectivity index (χ1v) is 23.4. The van der Waals surface area contributed by atoms with Crippen molar-refractivity contribution in [3.63, 3.8) is 0 Å². The zero-order valence-corrected chi connectivity index (χ0v) is 39.1. The molecule has 1 atom stereocenters. The van der Waals surface area contributed by atoms with Gasteiger partial charge in [-0.3, -0.25) is 24.7 Å². The summed E-state index contributed by atoms with van der Waals surface area (Å²) in [6.45, 7) is 10.8. The summed E-state index contributed by atoms with van der Waals surface area (Å²) < 4.78 is 13.4. The number of likely N-dealkylation sites (tertiary alicyclic amines) is 1. The first kappa shape index (κ1) is 46.6. The number of carbonyl (C=O) groups excluding carboxylic acids is 4. The lowest BCUT2D eigenvalue weighted by Gasteiger charge is -2.39. The zero-order chi connectivity index (χ0) is 49.1.